The van der Waals surface area contributed by atoms with Crippen molar-refractivity contribution in [3.63, 3.8) is 0 Å². The van der Waals surface area contributed by atoms with Gasteiger partial charge in [-0.1, -0.05) is 35.9 Å². The number of esters is 1. The van der Waals surface area contributed by atoms with Gasteiger partial charge in [0.2, 0.25) is 10.0 Å². The molecule has 0 aliphatic carbocycles. The topological polar surface area (TPSA) is 72.9 Å². The largest absolute Gasteiger partial charge is 0.454 e. The summed E-state index contributed by atoms with van der Waals surface area (Å²) >= 11 is 6.15. The van der Waals surface area contributed by atoms with Crippen LogP contribution in [-0.4, -0.2) is 45.0 Å². The first kappa shape index (κ1) is 20.8. The first-order chi connectivity index (χ1) is 13.3. The second-order valence-electron chi connectivity index (χ2n) is 6.57. The summed E-state index contributed by atoms with van der Waals surface area (Å²) < 4.78 is 38.1. The van der Waals surface area contributed by atoms with Gasteiger partial charge in [-0.25, -0.2) is 13.2 Å². The van der Waals surface area contributed by atoms with Gasteiger partial charge in [-0.3, -0.25) is 0 Å². The monoisotopic (exact) mass is 423 g/mol. The first-order valence-electron chi connectivity index (χ1n) is 8.94. The van der Waals surface area contributed by atoms with E-state index in [1.807, 2.05) is 6.07 Å². The Morgan fingerprint density at radius 2 is 1.86 bits per heavy atom. The maximum atomic E-state index is 13.0. The van der Waals surface area contributed by atoms with Gasteiger partial charge >= 0.3 is 5.97 Å². The van der Waals surface area contributed by atoms with Gasteiger partial charge in [0.25, 0.3) is 0 Å². The van der Waals surface area contributed by atoms with Crippen LogP contribution >= 0.6 is 11.6 Å². The van der Waals surface area contributed by atoms with Crippen molar-refractivity contribution in [1.82, 2.24) is 4.31 Å². The number of nitrogens with zero attached hydrogens (tertiary/aromatic N) is 1. The molecule has 0 amide bonds. The number of morpholine rings is 1. The highest BCUT2D eigenvalue weighted by molar-refractivity contribution is 7.89. The summed E-state index contributed by atoms with van der Waals surface area (Å²) in [6.07, 6.45) is -0.568. The first-order valence-corrected chi connectivity index (χ1v) is 10.8. The summed E-state index contributed by atoms with van der Waals surface area (Å²) in [5.41, 5.74) is 1.43. The third kappa shape index (κ3) is 4.38. The molecular weight excluding hydrogens is 402 g/mol. The molecule has 0 spiro atoms. The standard InChI is InChI=1S/C20H22ClNO5S/c1-14-7-8-16(13-19(14)28(24,25)22-9-11-26-12-10-22)20(23)27-15(2)17-5-3-4-6-18(17)21/h3-8,13,15H,9-12H2,1-2H3. The molecule has 1 unspecified atom stereocenters. The van der Waals surface area contributed by atoms with Gasteiger partial charge in [-0.15, -0.1) is 0 Å². The highest BCUT2D eigenvalue weighted by Crippen LogP contribution is 2.27. The molecular formula is C20H22ClNO5S. The molecule has 28 heavy (non-hydrogen) atoms. The van der Waals surface area contributed by atoms with Crippen molar-refractivity contribution in [3.8, 4) is 0 Å². The van der Waals surface area contributed by atoms with Crippen LogP contribution in [0.2, 0.25) is 5.02 Å². The Kier molecular flexibility index (Phi) is 6.40. The fraction of sp³-hybridized carbons (Fsp3) is 0.350. The van der Waals surface area contributed by atoms with Crippen LogP contribution in [0.1, 0.15) is 34.5 Å². The predicted octanol–water partition coefficient (Wildman–Crippen LogP) is 3.59. The van der Waals surface area contributed by atoms with Crippen molar-refractivity contribution in [2.45, 2.75) is 24.8 Å². The van der Waals surface area contributed by atoms with Crippen LogP contribution in [0.15, 0.2) is 47.4 Å². The van der Waals surface area contributed by atoms with Crippen LogP contribution in [0.25, 0.3) is 0 Å². The number of hydrogen-bond acceptors (Lipinski definition) is 5. The Labute approximate surface area is 170 Å². The molecule has 1 aliphatic rings. The van der Waals surface area contributed by atoms with E-state index in [9.17, 15) is 13.2 Å². The zero-order valence-corrected chi connectivity index (χ0v) is 17.3. The molecule has 1 fully saturated rings. The number of halogens is 1. The lowest BCUT2D eigenvalue weighted by Gasteiger charge is -2.26. The van der Waals surface area contributed by atoms with Crippen molar-refractivity contribution in [2.24, 2.45) is 0 Å². The van der Waals surface area contributed by atoms with E-state index in [-0.39, 0.29) is 10.5 Å². The smallest absolute Gasteiger partial charge is 0.338 e. The zero-order valence-electron chi connectivity index (χ0n) is 15.7. The Morgan fingerprint density at radius 3 is 2.54 bits per heavy atom. The van der Waals surface area contributed by atoms with Crippen molar-refractivity contribution in [3.05, 3.63) is 64.2 Å². The second-order valence-corrected chi connectivity index (χ2v) is 8.88. The summed E-state index contributed by atoms with van der Waals surface area (Å²) in [6, 6.07) is 11.7. The minimum atomic E-state index is -3.71. The lowest BCUT2D eigenvalue weighted by molar-refractivity contribution is 0.0338. The molecule has 0 saturated carbocycles. The molecule has 0 N–H and O–H groups in total. The number of aryl methyl sites for hydroxylation is 1. The average Bonchev–Trinajstić information content (AvgIpc) is 2.69. The number of rotatable bonds is 5. The van der Waals surface area contributed by atoms with Gasteiger partial charge in [0, 0.05) is 23.7 Å². The number of hydrogen-bond donors (Lipinski definition) is 0. The molecule has 6 nitrogen and oxygen atoms in total. The summed E-state index contributed by atoms with van der Waals surface area (Å²) in [5, 5.41) is 0.502. The third-order valence-corrected chi connectivity index (χ3v) is 7.02. The molecule has 2 aromatic rings. The number of ether oxygens (including phenoxy) is 2. The molecule has 2 aromatic carbocycles. The van der Waals surface area contributed by atoms with E-state index in [4.69, 9.17) is 21.1 Å². The molecule has 0 radical (unpaired) electrons. The van der Waals surface area contributed by atoms with E-state index >= 15 is 0 Å². The van der Waals surface area contributed by atoms with E-state index in [1.54, 1.807) is 44.2 Å². The number of carbonyl (C=O) groups is 1. The highest BCUT2D eigenvalue weighted by atomic mass is 35.5. The SMILES string of the molecule is Cc1ccc(C(=O)OC(C)c2ccccc2Cl)cc1S(=O)(=O)N1CCOCC1. The molecule has 1 atom stereocenters. The van der Waals surface area contributed by atoms with Gasteiger partial charge in [0.05, 0.1) is 23.7 Å². The fourth-order valence-electron chi connectivity index (χ4n) is 3.03. The second kappa shape index (κ2) is 8.61. The summed E-state index contributed by atoms with van der Waals surface area (Å²) in [4.78, 5) is 12.7. The molecule has 150 valence electrons. The number of sulfonamides is 1. The Hall–Kier alpha value is -1.93. The number of benzene rings is 2. The zero-order chi connectivity index (χ0) is 20.3. The van der Waals surface area contributed by atoms with Crippen molar-refractivity contribution in [2.75, 3.05) is 26.3 Å². The van der Waals surface area contributed by atoms with Crippen LogP contribution in [0.5, 0.6) is 0 Å². The van der Waals surface area contributed by atoms with E-state index in [1.165, 1.54) is 10.4 Å². The number of carbonyl (C=O) groups excluding carboxylic acids is 1. The lowest BCUT2D eigenvalue weighted by Crippen LogP contribution is -2.40. The Morgan fingerprint density at radius 1 is 1.18 bits per heavy atom. The van der Waals surface area contributed by atoms with Gasteiger partial charge < -0.3 is 9.47 Å². The highest BCUT2D eigenvalue weighted by Gasteiger charge is 2.29. The minimum Gasteiger partial charge on any atom is -0.454 e. The van der Waals surface area contributed by atoms with E-state index in [0.717, 1.165) is 0 Å². The molecule has 0 aromatic heterocycles. The van der Waals surface area contributed by atoms with E-state index < -0.39 is 22.1 Å². The van der Waals surface area contributed by atoms with E-state index in [0.29, 0.717) is 42.5 Å². The maximum absolute atomic E-state index is 13.0. The fourth-order valence-corrected chi connectivity index (χ4v) is 4.98. The molecule has 0 bridgehead atoms. The van der Waals surface area contributed by atoms with Crippen LogP contribution in [0.4, 0.5) is 0 Å². The van der Waals surface area contributed by atoms with Gasteiger partial charge in [0.1, 0.15) is 6.10 Å². The van der Waals surface area contributed by atoms with Crippen LogP contribution in [0.3, 0.4) is 0 Å². The van der Waals surface area contributed by atoms with Crippen molar-refractivity contribution in [1.29, 1.82) is 0 Å². The Balaban J connectivity index is 1.84. The predicted molar refractivity (Wildman–Crippen MR) is 106 cm³/mol. The maximum Gasteiger partial charge on any atom is 0.338 e. The normalized spacial score (nSPS) is 16.5. The average molecular weight is 424 g/mol. The summed E-state index contributed by atoms with van der Waals surface area (Å²) in [7, 11) is -3.71. The molecule has 8 heteroatoms. The molecule has 1 aliphatic heterocycles. The summed E-state index contributed by atoms with van der Waals surface area (Å²) in [5.74, 6) is -0.606. The minimum absolute atomic E-state index is 0.106. The van der Waals surface area contributed by atoms with Gasteiger partial charge in [0.15, 0.2) is 0 Å². The van der Waals surface area contributed by atoms with Gasteiger partial charge in [-0.05, 0) is 37.6 Å². The van der Waals surface area contributed by atoms with Crippen LogP contribution < -0.4 is 0 Å². The third-order valence-electron chi connectivity index (χ3n) is 4.64. The molecule has 3 rings (SSSR count). The van der Waals surface area contributed by atoms with Crippen molar-refractivity contribution >= 4 is 27.6 Å². The van der Waals surface area contributed by atoms with Gasteiger partial charge in [-0.2, -0.15) is 4.31 Å². The van der Waals surface area contributed by atoms with Crippen LogP contribution in [-0.2, 0) is 19.5 Å². The molecule has 1 saturated heterocycles. The van der Waals surface area contributed by atoms with Crippen LogP contribution in [0, 0.1) is 6.92 Å². The van der Waals surface area contributed by atoms with E-state index in [2.05, 4.69) is 0 Å². The Bertz CT molecular complexity index is 970. The molecule has 1 heterocycles. The lowest BCUT2D eigenvalue weighted by atomic mass is 10.1. The quantitative estimate of drug-likeness (QED) is 0.687. The summed E-state index contributed by atoms with van der Waals surface area (Å²) in [6.45, 7) is 4.72. The van der Waals surface area contributed by atoms with Crippen molar-refractivity contribution < 1.29 is 22.7 Å².